The number of thiocarbonyl (C=S) groups is 1. The Balaban J connectivity index is 2.40. The topological polar surface area (TPSA) is 44.5 Å². The molecule has 1 heterocycles. The molecule has 1 rings (SSSR count). The first-order valence-electron chi connectivity index (χ1n) is 4.96. The quantitative estimate of drug-likeness (QED) is 0.778. The molecule has 1 aliphatic heterocycles. The Labute approximate surface area is 97.1 Å². The molecule has 0 radical (unpaired) electrons. The maximum absolute atomic E-state index is 12.5. The van der Waals surface area contributed by atoms with Gasteiger partial charge in [-0.15, -0.1) is 0 Å². The van der Waals surface area contributed by atoms with E-state index in [0.29, 0.717) is 26.1 Å². The van der Waals surface area contributed by atoms with Crippen LogP contribution in [0.5, 0.6) is 0 Å². The lowest BCUT2D eigenvalue weighted by molar-refractivity contribution is -0.174. The van der Waals surface area contributed by atoms with Gasteiger partial charge in [0.05, 0.1) is 17.7 Å². The van der Waals surface area contributed by atoms with Crippen molar-refractivity contribution in [2.75, 3.05) is 19.8 Å². The zero-order chi connectivity index (χ0) is 12.2. The fourth-order valence-electron chi connectivity index (χ4n) is 1.41. The van der Waals surface area contributed by atoms with Gasteiger partial charge in [0.15, 0.2) is 0 Å². The van der Waals surface area contributed by atoms with Crippen LogP contribution in [-0.2, 0) is 9.47 Å². The van der Waals surface area contributed by atoms with E-state index in [2.05, 4.69) is 12.2 Å². The van der Waals surface area contributed by atoms with Crippen LogP contribution in [0.1, 0.15) is 12.8 Å². The van der Waals surface area contributed by atoms with Gasteiger partial charge in [-0.2, -0.15) is 13.2 Å². The van der Waals surface area contributed by atoms with Gasteiger partial charge in [0, 0.05) is 13.2 Å². The van der Waals surface area contributed by atoms with Crippen molar-refractivity contribution in [1.82, 2.24) is 0 Å². The molecule has 94 valence electrons. The second-order valence-electron chi connectivity index (χ2n) is 3.64. The number of alkyl halides is 3. The van der Waals surface area contributed by atoms with E-state index >= 15 is 0 Å². The monoisotopic (exact) mass is 257 g/mol. The zero-order valence-corrected chi connectivity index (χ0v) is 9.44. The summed E-state index contributed by atoms with van der Waals surface area (Å²) in [5.74, 6) is -1.86. The third-order valence-corrected chi connectivity index (χ3v) is 2.69. The fourth-order valence-corrected chi connectivity index (χ4v) is 1.61. The molecule has 0 spiro atoms. The molecule has 1 saturated heterocycles. The van der Waals surface area contributed by atoms with Crippen LogP contribution in [0, 0.1) is 5.92 Å². The van der Waals surface area contributed by atoms with Crippen LogP contribution >= 0.6 is 12.2 Å². The van der Waals surface area contributed by atoms with Gasteiger partial charge >= 0.3 is 6.18 Å². The first kappa shape index (κ1) is 13.7. The Hall–Kier alpha value is -0.400. The average molecular weight is 257 g/mol. The van der Waals surface area contributed by atoms with Crippen LogP contribution in [0.15, 0.2) is 0 Å². The fraction of sp³-hybridized carbons (Fsp3) is 0.889. The summed E-state index contributed by atoms with van der Waals surface area (Å²) in [5.41, 5.74) is 5.05. The molecule has 0 aromatic heterocycles. The number of nitrogens with two attached hydrogens (primary N) is 1. The average Bonchev–Trinajstić information content (AvgIpc) is 2.17. The molecule has 0 amide bonds. The summed E-state index contributed by atoms with van der Waals surface area (Å²) in [7, 11) is 0. The molecule has 3 nitrogen and oxygen atoms in total. The summed E-state index contributed by atoms with van der Waals surface area (Å²) in [5, 5.41) is 0. The van der Waals surface area contributed by atoms with E-state index in [0.717, 1.165) is 0 Å². The lowest BCUT2D eigenvalue weighted by Gasteiger charge is -2.25. The van der Waals surface area contributed by atoms with Crippen molar-refractivity contribution < 1.29 is 22.6 Å². The summed E-state index contributed by atoms with van der Waals surface area (Å²) in [6, 6.07) is 0. The van der Waals surface area contributed by atoms with Crippen molar-refractivity contribution in [2.24, 2.45) is 11.7 Å². The summed E-state index contributed by atoms with van der Waals surface area (Å²) < 4.78 is 47.6. The van der Waals surface area contributed by atoms with Crippen LogP contribution in [0.4, 0.5) is 13.2 Å². The molecule has 16 heavy (non-hydrogen) atoms. The van der Waals surface area contributed by atoms with E-state index in [-0.39, 0.29) is 6.10 Å². The van der Waals surface area contributed by atoms with Crippen molar-refractivity contribution in [2.45, 2.75) is 25.1 Å². The molecule has 7 heteroatoms. The highest BCUT2D eigenvalue weighted by molar-refractivity contribution is 7.80. The van der Waals surface area contributed by atoms with E-state index in [1.54, 1.807) is 0 Å². The van der Waals surface area contributed by atoms with E-state index < -0.39 is 23.7 Å². The molecular formula is C9H14F3NO2S. The van der Waals surface area contributed by atoms with Crippen molar-refractivity contribution in [3.63, 3.8) is 0 Å². The number of halogens is 3. The molecule has 0 aromatic rings. The molecule has 0 saturated carbocycles. The molecular weight excluding hydrogens is 243 g/mol. The van der Waals surface area contributed by atoms with Gasteiger partial charge in [-0.25, -0.2) is 0 Å². The van der Waals surface area contributed by atoms with Gasteiger partial charge in [0.2, 0.25) is 0 Å². The molecule has 1 fully saturated rings. The lowest BCUT2D eigenvalue weighted by Crippen LogP contribution is -2.39. The minimum Gasteiger partial charge on any atom is -0.393 e. The Kier molecular flexibility index (Phi) is 4.94. The van der Waals surface area contributed by atoms with Crippen molar-refractivity contribution in [3.05, 3.63) is 0 Å². The van der Waals surface area contributed by atoms with Gasteiger partial charge in [-0.1, -0.05) is 12.2 Å². The summed E-state index contributed by atoms with van der Waals surface area (Å²) in [4.78, 5) is -0.570. The maximum atomic E-state index is 12.5. The zero-order valence-electron chi connectivity index (χ0n) is 8.63. The SMILES string of the molecule is NC(=S)C(COC1CCOCC1)C(F)(F)F. The molecule has 1 aliphatic rings. The van der Waals surface area contributed by atoms with Crippen LogP contribution in [0.25, 0.3) is 0 Å². The van der Waals surface area contributed by atoms with Crippen molar-refractivity contribution in [3.8, 4) is 0 Å². The third kappa shape index (κ3) is 4.23. The second kappa shape index (κ2) is 5.79. The van der Waals surface area contributed by atoms with Gasteiger partial charge in [-0.05, 0) is 12.8 Å². The molecule has 0 bridgehead atoms. The Morgan fingerprint density at radius 2 is 2.00 bits per heavy atom. The molecule has 1 unspecified atom stereocenters. The van der Waals surface area contributed by atoms with E-state index in [9.17, 15) is 13.2 Å². The van der Waals surface area contributed by atoms with Gasteiger partial charge in [0.1, 0.15) is 5.92 Å². The number of hydrogen-bond donors (Lipinski definition) is 1. The highest BCUT2D eigenvalue weighted by Gasteiger charge is 2.42. The number of rotatable bonds is 4. The largest absolute Gasteiger partial charge is 0.400 e. The van der Waals surface area contributed by atoms with E-state index in [1.807, 2.05) is 0 Å². The highest BCUT2D eigenvalue weighted by Crippen LogP contribution is 2.27. The standard InChI is InChI=1S/C9H14F3NO2S/c10-9(11,12)7(8(13)16)5-15-6-1-3-14-4-2-6/h6-7H,1-5H2,(H2,13,16). The van der Waals surface area contributed by atoms with Crippen molar-refractivity contribution >= 4 is 17.2 Å². The predicted octanol–water partition coefficient (Wildman–Crippen LogP) is 1.65. The van der Waals surface area contributed by atoms with E-state index in [1.165, 1.54) is 0 Å². The Bertz CT molecular complexity index is 241. The first-order valence-corrected chi connectivity index (χ1v) is 5.37. The van der Waals surface area contributed by atoms with Crippen LogP contribution in [-0.4, -0.2) is 37.1 Å². The third-order valence-electron chi connectivity index (χ3n) is 2.41. The number of ether oxygens (including phenoxy) is 2. The molecule has 2 N–H and O–H groups in total. The molecule has 0 aromatic carbocycles. The van der Waals surface area contributed by atoms with Gasteiger partial charge in [-0.3, -0.25) is 0 Å². The Morgan fingerprint density at radius 3 is 2.44 bits per heavy atom. The Morgan fingerprint density at radius 1 is 1.44 bits per heavy atom. The molecule has 0 aliphatic carbocycles. The second-order valence-corrected chi connectivity index (χ2v) is 4.11. The minimum atomic E-state index is -4.43. The normalized spacial score (nSPS) is 20.7. The lowest BCUT2D eigenvalue weighted by atomic mass is 10.1. The summed E-state index contributed by atoms with van der Waals surface area (Å²) in [6.07, 6.45) is -3.39. The summed E-state index contributed by atoms with van der Waals surface area (Å²) in [6.45, 7) is 0.548. The predicted molar refractivity (Wildman–Crippen MR) is 56.1 cm³/mol. The van der Waals surface area contributed by atoms with Gasteiger partial charge in [0.25, 0.3) is 0 Å². The number of hydrogen-bond acceptors (Lipinski definition) is 3. The van der Waals surface area contributed by atoms with Crippen LogP contribution in [0.3, 0.4) is 0 Å². The van der Waals surface area contributed by atoms with E-state index in [4.69, 9.17) is 15.2 Å². The van der Waals surface area contributed by atoms with Crippen molar-refractivity contribution in [1.29, 1.82) is 0 Å². The van der Waals surface area contributed by atoms with Crippen LogP contribution < -0.4 is 5.73 Å². The maximum Gasteiger partial charge on any atom is 0.400 e. The molecule has 1 atom stereocenters. The highest BCUT2D eigenvalue weighted by atomic mass is 32.1. The first-order chi connectivity index (χ1) is 7.41. The minimum absolute atomic E-state index is 0.187. The van der Waals surface area contributed by atoms with Crippen LogP contribution in [0.2, 0.25) is 0 Å². The smallest absolute Gasteiger partial charge is 0.393 e. The van der Waals surface area contributed by atoms with Gasteiger partial charge < -0.3 is 15.2 Å². The summed E-state index contributed by atoms with van der Waals surface area (Å²) >= 11 is 4.39.